The molecule has 0 fully saturated rings. The molecular formula is C18H29N3O2. The molecule has 5 heteroatoms. The summed E-state index contributed by atoms with van der Waals surface area (Å²) in [7, 11) is 0. The Morgan fingerprint density at radius 3 is 2.04 bits per heavy atom. The van der Waals surface area contributed by atoms with Crippen molar-refractivity contribution < 1.29 is 9.59 Å². The summed E-state index contributed by atoms with van der Waals surface area (Å²) in [6, 6.07) is 7.81. The van der Waals surface area contributed by atoms with E-state index in [1.807, 2.05) is 56.9 Å². The van der Waals surface area contributed by atoms with E-state index >= 15 is 0 Å². The molecular weight excluding hydrogens is 290 g/mol. The number of hydrogen-bond donors (Lipinski definition) is 2. The third kappa shape index (κ3) is 7.79. The number of benzene rings is 1. The first-order chi connectivity index (χ1) is 10.7. The van der Waals surface area contributed by atoms with E-state index in [-0.39, 0.29) is 30.4 Å². The number of anilines is 1. The van der Waals surface area contributed by atoms with Crippen LogP contribution >= 0.6 is 0 Å². The highest BCUT2D eigenvalue weighted by atomic mass is 16.2. The lowest BCUT2D eigenvalue weighted by Crippen LogP contribution is -2.47. The third-order valence-corrected chi connectivity index (χ3v) is 3.34. The maximum atomic E-state index is 12.1. The van der Waals surface area contributed by atoms with Gasteiger partial charge in [0.25, 0.3) is 0 Å². The van der Waals surface area contributed by atoms with Gasteiger partial charge in [-0.05, 0) is 51.4 Å². The molecule has 0 atom stereocenters. The van der Waals surface area contributed by atoms with Crippen LogP contribution in [0.3, 0.4) is 0 Å². The van der Waals surface area contributed by atoms with Crippen LogP contribution in [0.25, 0.3) is 0 Å². The molecule has 0 spiro atoms. The highest BCUT2D eigenvalue weighted by Gasteiger charge is 2.17. The van der Waals surface area contributed by atoms with Crippen molar-refractivity contribution in [3.8, 4) is 0 Å². The minimum atomic E-state index is -0.264. The van der Waals surface area contributed by atoms with Gasteiger partial charge in [-0.1, -0.05) is 26.0 Å². The molecule has 0 bridgehead atoms. The predicted octanol–water partition coefficient (Wildman–Crippen LogP) is 2.42. The summed E-state index contributed by atoms with van der Waals surface area (Å²) in [5.74, 6) is -0.181. The van der Waals surface area contributed by atoms with Crippen LogP contribution in [0, 0.1) is 0 Å². The average molecular weight is 319 g/mol. The maximum absolute atomic E-state index is 12.1. The summed E-state index contributed by atoms with van der Waals surface area (Å²) in [6.07, 6.45) is 0.973. The molecule has 23 heavy (non-hydrogen) atoms. The maximum Gasteiger partial charge on any atom is 0.238 e. The number of rotatable bonds is 7. The van der Waals surface area contributed by atoms with Gasteiger partial charge in [-0.15, -0.1) is 0 Å². The first-order valence-electron chi connectivity index (χ1n) is 8.15. The van der Waals surface area contributed by atoms with Crippen LogP contribution in [0.1, 0.15) is 40.2 Å². The van der Waals surface area contributed by atoms with Gasteiger partial charge in [0.15, 0.2) is 0 Å². The van der Waals surface area contributed by atoms with Crippen LogP contribution in [-0.4, -0.2) is 41.9 Å². The van der Waals surface area contributed by atoms with Crippen LogP contribution in [0.4, 0.5) is 5.69 Å². The van der Waals surface area contributed by atoms with Crippen LogP contribution in [0.15, 0.2) is 24.3 Å². The zero-order valence-corrected chi connectivity index (χ0v) is 14.9. The molecule has 0 heterocycles. The van der Waals surface area contributed by atoms with Gasteiger partial charge in [-0.2, -0.15) is 0 Å². The van der Waals surface area contributed by atoms with Crippen molar-refractivity contribution >= 4 is 17.5 Å². The average Bonchev–Trinajstić information content (AvgIpc) is 2.45. The highest BCUT2D eigenvalue weighted by Crippen LogP contribution is 2.10. The molecule has 0 saturated heterocycles. The van der Waals surface area contributed by atoms with Crippen molar-refractivity contribution in [2.24, 2.45) is 0 Å². The van der Waals surface area contributed by atoms with E-state index in [1.54, 1.807) is 0 Å². The zero-order chi connectivity index (χ0) is 17.5. The van der Waals surface area contributed by atoms with E-state index in [1.165, 1.54) is 5.56 Å². The second-order valence-corrected chi connectivity index (χ2v) is 6.70. The molecule has 0 aliphatic heterocycles. The number of nitrogens with zero attached hydrogens (tertiary/aromatic N) is 1. The van der Waals surface area contributed by atoms with Gasteiger partial charge < -0.3 is 10.6 Å². The molecule has 0 aromatic heterocycles. The fourth-order valence-corrected chi connectivity index (χ4v) is 2.17. The van der Waals surface area contributed by atoms with E-state index in [9.17, 15) is 9.59 Å². The van der Waals surface area contributed by atoms with Crippen molar-refractivity contribution in [2.75, 3.05) is 25.0 Å². The van der Waals surface area contributed by atoms with E-state index in [0.29, 0.717) is 6.54 Å². The number of nitrogens with one attached hydrogen (secondary N) is 2. The minimum Gasteiger partial charge on any atom is -0.350 e. The Balaban J connectivity index is 2.50. The fourth-order valence-electron chi connectivity index (χ4n) is 2.17. The number of carbonyl (C=O) groups is 2. The van der Waals surface area contributed by atoms with Gasteiger partial charge in [-0.3, -0.25) is 14.5 Å². The summed E-state index contributed by atoms with van der Waals surface area (Å²) in [5.41, 5.74) is 1.75. The molecule has 1 aromatic rings. The van der Waals surface area contributed by atoms with Crippen LogP contribution in [0.2, 0.25) is 0 Å². The van der Waals surface area contributed by atoms with E-state index in [4.69, 9.17) is 0 Å². The molecule has 2 amide bonds. The summed E-state index contributed by atoms with van der Waals surface area (Å²) < 4.78 is 0. The molecule has 2 N–H and O–H groups in total. The number of carbonyl (C=O) groups excluding carboxylic acids is 2. The van der Waals surface area contributed by atoms with Crippen LogP contribution < -0.4 is 10.6 Å². The van der Waals surface area contributed by atoms with Crippen molar-refractivity contribution in [2.45, 2.75) is 46.6 Å². The van der Waals surface area contributed by atoms with Gasteiger partial charge in [0.1, 0.15) is 0 Å². The quantitative estimate of drug-likeness (QED) is 0.811. The second-order valence-electron chi connectivity index (χ2n) is 6.70. The Labute approximate surface area is 139 Å². The Morgan fingerprint density at radius 2 is 1.57 bits per heavy atom. The lowest BCUT2D eigenvalue weighted by Gasteiger charge is -2.24. The number of aryl methyl sites for hydroxylation is 1. The molecule has 0 radical (unpaired) electrons. The predicted molar refractivity (Wildman–Crippen MR) is 94.5 cm³/mol. The second kappa shape index (κ2) is 8.67. The molecule has 0 aliphatic carbocycles. The highest BCUT2D eigenvalue weighted by molar-refractivity contribution is 5.92. The summed E-state index contributed by atoms with van der Waals surface area (Å²) in [6.45, 7) is 10.9. The first kappa shape index (κ1) is 19.2. The van der Waals surface area contributed by atoms with Gasteiger partial charge in [-0.25, -0.2) is 0 Å². The Kier molecular flexibility index (Phi) is 7.23. The fraction of sp³-hybridized carbons (Fsp3) is 0.556. The monoisotopic (exact) mass is 319 g/mol. The molecule has 0 saturated carbocycles. The van der Waals surface area contributed by atoms with Gasteiger partial charge in [0, 0.05) is 11.2 Å². The largest absolute Gasteiger partial charge is 0.350 e. The topological polar surface area (TPSA) is 61.4 Å². The zero-order valence-electron chi connectivity index (χ0n) is 14.9. The molecule has 0 aliphatic rings. The van der Waals surface area contributed by atoms with E-state index in [0.717, 1.165) is 12.1 Å². The van der Waals surface area contributed by atoms with Crippen molar-refractivity contribution in [3.63, 3.8) is 0 Å². The Bertz CT molecular complexity index is 518. The standard InChI is InChI=1S/C18H29N3O2/c1-6-14-8-10-15(11-9-14)19-16(22)12-21(7-2)13-17(23)20-18(3,4)5/h8-11H,6-7,12-13H2,1-5H3,(H,19,22)(H,20,23). The van der Waals surface area contributed by atoms with Gasteiger partial charge in [0.2, 0.25) is 11.8 Å². The summed E-state index contributed by atoms with van der Waals surface area (Å²) in [5, 5.41) is 5.77. The normalized spacial score (nSPS) is 11.4. The first-order valence-corrected chi connectivity index (χ1v) is 8.15. The SMILES string of the molecule is CCc1ccc(NC(=O)CN(CC)CC(=O)NC(C)(C)C)cc1. The molecule has 128 valence electrons. The lowest BCUT2D eigenvalue weighted by molar-refractivity contribution is -0.124. The molecule has 0 unspecified atom stereocenters. The smallest absolute Gasteiger partial charge is 0.238 e. The molecule has 1 aromatic carbocycles. The summed E-state index contributed by atoms with van der Waals surface area (Å²) >= 11 is 0. The number of likely N-dealkylation sites (N-methyl/N-ethyl adjacent to an activating group) is 1. The Morgan fingerprint density at radius 1 is 1.00 bits per heavy atom. The number of hydrogen-bond acceptors (Lipinski definition) is 3. The van der Waals surface area contributed by atoms with E-state index < -0.39 is 0 Å². The van der Waals surface area contributed by atoms with Crippen LogP contribution in [-0.2, 0) is 16.0 Å². The lowest BCUT2D eigenvalue weighted by atomic mass is 10.1. The van der Waals surface area contributed by atoms with Gasteiger partial charge >= 0.3 is 0 Å². The molecule has 5 nitrogen and oxygen atoms in total. The summed E-state index contributed by atoms with van der Waals surface area (Å²) in [4.78, 5) is 25.9. The molecule has 1 rings (SSSR count). The Hall–Kier alpha value is -1.88. The minimum absolute atomic E-state index is 0.0700. The number of amides is 2. The van der Waals surface area contributed by atoms with Crippen molar-refractivity contribution in [3.05, 3.63) is 29.8 Å². The van der Waals surface area contributed by atoms with E-state index in [2.05, 4.69) is 17.6 Å². The van der Waals surface area contributed by atoms with Crippen molar-refractivity contribution in [1.29, 1.82) is 0 Å². The van der Waals surface area contributed by atoms with Crippen molar-refractivity contribution in [1.82, 2.24) is 10.2 Å². The van der Waals surface area contributed by atoms with Gasteiger partial charge in [0.05, 0.1) is 13.1 Å². The van der Waals surface area contributed by atoms with Crippen LogP contribution in [0.5, 0.6) is 0 Å². The third-order valence-electron chi connectivity index (χ3n) is 3.34.